The number of hydrogen-bond donors (Lipinski definition) is 2. The van der Waals surface area contributed by atoms with Gasteiger partial charge in [0.05, 0.1) is 11.6 Å². The summed E-state index contributed by atoms with van der Waals surface area (Å²) in [6.45, 7) is 1.25. The molecular weight excluding hydrogens is 521 g/mol. The van der Waals surface area contributed by atoms with Gasteiger partial charge in [-0.2, -0.15) is 8.78 Å². The standard InChI is InChI=1S/C23H22ClF3N4O4S/c1-13(16-6-7-17(36(2,33)34)19(25)20(16)28)21(32)30-11-15-5-8-18(23(24,26)27)31-22(15)35-12-14-4-3-9-29-10-14/h3-10,13H,11-12,28H2,1-2H3,(H,30,32). The van der Waals surface area contributed by atoms with Crippen LogP contribution in [0.4, 0.5) is 18.9 Å². The minimum Gasteiger partial charge on any atom is -0.472 e. The minimum absolute atomic E-state index is 0.0298. The number of anilines is 1. The van der Waals surface area contributed by atoms with E-state index in [9.17, 15) is 26.4 Å². The molecule has 0 aliphatic carbocycles. The van der Waals surface area contributed by atoms with Crippen LogP contribution in [-0.2, 0) is 33.2 Å². The van der Waals surface area contributed by atoms with Crippen LogP contribution in [0.1, 0.15) is 35.2 Å². The molecule has 8 nitrogen and oxygen atoms in total. The SMILES string of the molecule is CC(C(=O)NCc1ccc(C(F)(F)Cl)nc1OCc1cccnc1)c1ccc(S(C)(=O)=O)c(F)c1N. The Morgan fingerprint density at radius 1 is 1.25 bits per heavy atom. The van der Waals surface area contributed by atoms with Crippen molar-refractivity contribution in [1.82, 2.24) is 15.3 Å². The summed E-state index contributed by atoms with van der Waals surface area (Å²) in [5.74, 6) is -2.86. The van der Waals surface area contributed by atoms with Crippen molar-refractivity contribution in [3.8, 4) is 5.88 Å². The van der Waals surface area contributed by atoms with Crippen molar-refractivity contribution in [3.05, 3.63) is 77.0 Å². The van der Waals surface area contributed by atoms with E-state index in [0.717, 1.165) is 18.4 Å². The Hall–Kier alpha value is -3.38. The maximum Gasteiger partial charge on any atom is 0.364 e. The number of carbonyl (C=O) groups excluding carboxylic acids is 1. The number of hydrogen-bond acceptors (Lipinski definition) is 7. The molecular formula is C23H22ClF3N4O4S. The van der Waals surface area contributed by atoms with Crippen LogP contribution < -0.4 is 15.8 Å². The van der Waals surface area contributed by atoms with E-state index in [1.165, 1.54) is 25.3 Å². The van der Waals surface area contributed by atoms with E-state index in [1.54, 1.807) is 18.3 Å². The quantitative estimate of drug-likeness (QED) is 0.310. The van der Waals surface area contributed by atoms with E-state index in [-0.39, 0.29) is 30.2 Å². The topological polar surface area (TPSA) is 124 Å². The summed E-state index contributed by atoms with van der Waals surface area (Å²) in [6, 6.07) is 7.99. The molecule has 0 fully saturated rings. The van der Waals surface area contributed by atoms with Gasteiger partial charge >= 0.3 is 5.38 Å². The summed E-state index contributed by atoms with van der Waals surface area (Å²) in [4.78, 5) is 19.9. The Labute approximate surface area is 210 Å². The molecule has 0 spiro atoms. The molecule has 2 heterocycles. The van der Waals surface area contributed by atoms with Gasteiger partial charge in [-0.3, -0.25) is 9.78 Å². The van der Waals surface area contributed by atoms with Gasteiger partial charge in [0, 0.05) is 36.3 Å². The molecule has 0 saturated carbocycles. The Kier molecular flexibility index (Phi) is 8.09. The lowest BCUT2D eigenvalue weighted by Crippen LogP contribution is -2.28. The first-order valence-corrected chi connectivity index (χ1v) is 12.7. The summed E-state index contributed by atoms with van der Waals surface area (Å²) in [7, 11) is -3.85. The van der Waals surface area contributed by atoms with Gasteiger partial charge in [-0.15, -0.1) is 0 Å². The highest BCUT2D eigenvalue weighted by molar-refractivity contribution is 7.90. The number of benzene rings is 1. The van der Waals surface area contributed by atoms with Crippen LogP contribution in [0.5, 0.6) is 5.88 Å². The highest BCUT2D eigenvalue weighted by Crippen LogP contribution is 2.33. The molecule has 13 heteroatoms. The molecule has 0 aliphatic heterocycles. The third kappa shape index (κ3) is 6.43. The number of pyridine rings is 2. The Bertz CT molecular complexity index is 1370. The van der Waals surface area contributed by atoms with Crippen LogP contribution in [0.2, 0.25) is 0 Å². The van der Waals surface area contributed by atoms with Crippen molar-refractivity contribution in [2.75, 3.05) is 12.0 Å². The molecule has 192 valence electrons. The van der Waals surface area contributed by atoms with Gasteiger partial charge in [0.1, 0.15) is 17.2 Å². The van der Waals surface area contributed by atoms with Gasteiger partial charge in [-0.25, -0.2) is 17.8 Å². The summed E-state index contributed by atoms with van der Waals surface area (Å²) in [5, 5.41) is -1.14. The highest BCUT2D eigenvalue weighted by atomic mass is 35.5. The lowest BCUT2D eigenvalue weighted by molar-refractivity contribution is -0.122. The Morgan fingerprint density at radius 2 is 1.97 bits per heavy atom. The van der Waals surface area contributed by atoms with Crippen LogP contribution in [0.15, 0.2) is 53.7 Å². The maximum absolute atomic E-state index is 14.5. The number of nitrogen functional groups attached to an aromatic ring is 1. The molecule has 0 aliphatic rings. The number of carbonyl (C=O) groups is 1. The number of nitrogens with zero attached hydrogens (tertiary/aromatic N) is 2. The molecule has 3 aromatic rings. The normalized spacial score (nSPS) is 12.7. The number of rotatable bonds is 9. The molecule has 0 saturated heterocycles. The van der Waals surface area contributed by atoms with Gasteiger partial charge in [0.25, 0.3) is 0 Å². The van der Waals surface area contributed by atoms with Crippen LogP contribution in [0.3, 0.4) is 0 Å². The molecule has 0 radical (unpaired) electrons. The monoisotopic (exact) mass is 542 g/mol. The van der Waals surface area contributed by atoms with E-state index in [4.69, 9.17) is 22.1 Å². The molecule has 3 N–H and O–H groups in total. The number of nitrogens with two attached hydrogens (primary N) is 1. The third-order valence-electron chi connectivity index (χ3n) is 5.22. The number of aromatic nitrogens is 2. The van der Waals surface area contributed by atoms with E-state index in [1.807, 2.05) is 0 Å². The Balaban J connectivity index is 1.80. The van der Waals surface area contributed by atoms with Gasteiger partial charge in [-0.05, 0) is 48.4 Å². The van der Waals surface area contributed by atoms with Gasteiger partial charge in [-0.1, -0.05) is 12.1 Å². The summed E-state index contributed by atoms with van der Waals surface area (Å²) >= 11 is 5.09. The van der Waals surface area contributed by atoms with E-state index in [2.05, 4.69) is 15.3 Å². The molecule has 1 unspecified atom stereocenters. The number of alkyl halides is 3. The zero-order valence-electron chi connectivity index (χ0n) is 19.1. The zero-order chi connectivity index (χ0) is 26.7. The van der Waals surface area contributed by atoms with E-state index >= 15 is 0 Å². The van der Waals surface area contributed by atoms with Gasteiger partial charge in [0.2, 0.25) is 11.8 Å². The fourth-order valence-electron chi connectivity index (χ4n) is 3.25. The zero-order valence-corrected chi connectivity index (χ0v) is 20.7. The fraction of sp³-hybridized carbons (Fsp3) is 0.261. The highest BCUT2D eigenvalue weighted by Gasteiger charge is 2.31. The maximum atomic E-state index is 14.5. The molecule has 1 aromatic carbocycles. The lowest BCUT2D eigenvalue weighted by atomic mass is 9.98. The van der Waals surface area contributed by atoms with Crippen molar-refractivity contribution in [3.63, 3.8) is 0 Å². The van der Waals surface area contributed by atoms with Gasteiger partial charge in [0.15, 0.2) is 15.7 Å². The minimum atomic E-state index is -3.85. The predicted molar refractivity (Wildman–Crippen MR) is 127 cm³/mol. The molecule has 1 atom stereocenters. The van der Waals surface area contributed by atoms with Crippen molar-refractivity contribution >= 4 is 33.0 Å². The fourth-order valence-corrected chi connectivity index (χ4v) is 4.11. The van der Waals surface area contributed by atoms with Crippen molar-refractivity contribution in [2.24, 2.45) is 0 Å². The van der Waals surface area contributed by atoms with E-state index in [0.29, 0.717) is 5.56 Å². The number of amides is 1. The summed E-state index contributed by atoms with van der Waals surface area (Å²) < 4.78 is 70.7. The molecule has 0 bridgehead atoms. The van der Waals surface area contributed by atoms with Crippen LogP contribution in [-0.4, -0.2) is 30.5 Å². The summed E-state index contributed by atoms with van der Waals surface area (Å²) in [6.07, 6.45) is 3.93. The first-order chi connectivity index (χ1) is 16.8. The lowest BCUT2D eigenvalue weighted by Gasteiger charge is -2.18. The second-order valence-corrected chi connectivity index (χ2v) is 10.4. The first-order valence-electron chi connectivity index (χ1n) is 10.4. The molecule has 36 heavy (non-hydrogen) atoms. The smallest absolute Gasteiger partial charge is 0.364 e. The van der Waals surface area contributed by atoms with Gasteiger partial charge < -0.3 is 15.8 Å². The van der Waals surface area contributed by atoms with Crippen molar-refractivity contribution < 1.29 is 31.1 Å². The largest absolute Gasteiger partial charge is 0.472 e. The Morgan fingerprint density at radius 3 is 2.58 bits per heavy atom. The first kappa shape index (κ1) is 27.2. The second-order valence-electron chi connectivity index (χ2n) is 7.90. The van der Waals surface area contributed by atoms with Crippen molar-refractivity contribution in [1.29, 1.82) is 0 Å². The average Bonchev–Trinajstić information content (AvgIpc) is 2.82. The van der Waals surface area contributed by atoms with Crippen LogP contribution in [0, 0.1) is 5.82 Å². The number of nitrogens with one attached hydrogen (secondary N) is 1. The van der Waals surface area contributed by atoms with Crippen LogP contribution in [0.25, 0.3) is 0 Å². The van der Waals surface area contributed by atoms with E-state index < -0.39 is 49.1 Å². The predicted octanol–water partition coefficient (Wildman–Crippen LogP) is 3.89. The molecule has 2 aromatic heterocycles. The number of ether oxygens (including phenoxy) is 1. The van der Waals surface area contributed by atoms with Crippen LogP contribution >= 0.6 is 11.6 Å². The third-order valence-corrected chi connectivity index (χ3v) is 6.53. The average molecular weight is 543 g/mol. The second kappa shape index (κ2) is 10.7. The molecule has 1 amide bonds. The van der Waals surface area contributed by atoms with Crippen molar-refractivity contribution in [2.45, 2.75) is 36.3 Å². The number of sulfone groups is 1. The molecule has 3 rings (SSSR count). The number of halogens is 4. The summed E-state index contributed by atoms with van der Waals surface area (Å²) in [5.41, 5.74) is 5.58.